The van der Waals surface area contributed by atoms with Gasteiger partial charge in [-0.3, -0.25) is 4.90 Å². The maximum absolute atomic E-state index is 12.2. The Kier molecular flexibility index (Phi) is 3.66. The highest BCUT2D eigenvalue weighted by molar-refractivity contribution is 5.68. The molecule has 2 rings (SSSR count). The van der Waals surface area contributed by atoms with E-state index in [9.17, 15) is 4.79 Å². The monoisotopic (exact) mass is 269 g/mol. The van der Waals surface area contributed by atoms with Crippen molar-refractivity contribution in [2.75, 3.05) is 25.5 Å². The largest absolute Gasteiger partial charge is 0.444 e. The molecule has 0 saturated carbocycles. The summed E-state index contributed by atoms with van der Waals surface area (Å²) in [6, 6.07) is -0.280. The van der Waals surface area contributed by atoms with Gasteiger partial charge in [-0.15, -0.1) is 0 Å². The molecule has 0 radical (unpaired) electrons. The molecule has 0 spiro atoms. The van der Waals surface area contributed by atoms with Crippen molar-refractivity contribution in [1.82, 2.24) is 9.88 Å². The van der Waals surface area contributed by atoms with E-state index in [1.54, 1.807) is 4.90 Å². The number of aromatic nitrogens is 1. The zero-order valence-corrected chi connectivity index (χ0v) is 11.4. The van der Waals surface area contributed by atoms with E-state index in [-0.39, 0.29) is 12.1 Å². The number of carbonyl (C=O) groups is 1. The zero-order valence-electron chi connectivity index (χ0n) is 11.4. The van der Waals surface area contributed by atoms with Crippen molar-refractivity contribution in [2.24, 2.45) is 0 Å². The van der Waals surface area contributed by atoms with Crippen LogP contribution in [0.2, 0.25) is 0 Å². The molecule has 1 aromatic heterocycles. The predicted molar refractivity (Wildman–Crippen MR) is 67.4 cm³/mol. The Morgan fingerprint density at radius 2 is 2.32 bits per heavy atom. The summed E-state index contributed by atoms with van der Waals surface area (Å²) in [5.41, 5.74) is 4.91. The van der Waals surface area contributed by atoms with Crippen LogP contribution in [0.15, 0.2) is 10.6 Å². The highest BCUT2D eigenvalue weighted by Crippen LogP contribution is 2.27. The lowest BCUT2D eigenvalue weighted by Gasteiger charge is -2.35. The van der Waals surface area contributed by atoms with Gasteiger partial charge in [0, 0.05) is 6.54 Å². The number of oxazole rings is 1. The number of hydrogen-bond donors (Lipinski definition) is 1. The van der Waals surface area contributed by atoms with Crippen LogP contribution in [-0.2, 0) is 9.47 Å². The maximum atomic E-state index is 12.2. The summed E-state index contributed by atoms with van der Waals surface area (Å²) in [7, 11) is 0. The van der Waals surface area contributed by atoms with Crippen LogP contribution >= 0.6 is 0 Å². The minimum atomic E-state index is -0.541. The quantitative estimate of drug-likeness (QED) is 0.832. The smallest absolute Gasteiger partial charge is 0.411 e. The van der Waals surface area contributed by atoms with Gasteiger partial charge in [-0.1, -0.05) is 0 Å². The van der Waals surface area contributed by atoms with Crippen LogP contribution in [-0.4, -0.2) is 41.3 Å². The third kappa shape index (κ3) is 3.37. The number of ether oxygens (including phenoxy) is 2. The van der Waals surface area contributed by atoms with E-state index >= 15 is 0 Å². The van der Waals surface area contributed by atoms with E-state index in [1.165, 1.54) is 6.20 Å². The third-order valence-electron chi connectivity index (χ3n) is 2.63. The second-order valence-electron chi connectivity index (χ2n) is 5.37. The molecule has 1 aliphatic heterocycles. The first-order valence-electron chi connectivity index (χ1n) is 6.15. The number of morpholine rings is 1. The van der Waals surface area contributed by atoms with Gasteiger partial charge in [0.25, 0.3) is 6.01 Å². The summed E-state index contributed by atoms with van der Waals surface area (Å²) in [6.07, 6.45) is 1.11. The molecule has 0 bridgehead atoms. The summed E-state index contributed by atoms with van der Waals surface area (Å²) in [5, 5.41) is 0. The molecule has 7 heteroatoms. The number of nitrogens with zero attached hydrogens (tertiary/aromatic N) is 2. The van der Waals surface area contributed by atoms with Crippen molar-refractivity contribution in [2.45, 2.75) is 32.4 Å². The molecule has 1 saturated heterocycles. The van der Waals surface area contributed by atoms with Crippen molar-refractivity contribution < 1.29 is 18.7 Å². The fourth-order valence-corrected chi connectivity index (χ4v) is 1.83. The van der Waals surface area contributed by atoms with Gasteiger partial charge in [0.2, 0.25) is 0 Å². The number of rotatable bonds is 1. The normalized spacial score (nSPS) is 20.4. The SMILES string of the molecule is CC(C)(C)OC(=O)N1CCOCC1c1cnc(N)o1. The lowest BCUT2D eigenvalue weighted by molar-refractivity contribution is -0.0376. The first-order chi connectivity index (χ1) is 8.87. The van der Waals surface area contributed by atoms with Gasteiger partial charge in [0.05, 0.1) is 19.4 Å². The molecule has 0 aromatic carbocycles. The lowest BCUT2D eigenvalue weighted by Crippen LogP contribution is -2.45. The molecule has 0 aliphatic carbocycles. The Morgan fingerprint density at radius 1 is 1.58 bits per heavy atom. The van der Waals surface area contributed by atoms with E-state index in [4.69, 9.17) is 19.6 Å². The van der Waals surface area contributed by atoms with E-state index in [0.717, 1.165) is 0 Å². The lowest BCUT2D eigenvalue weighted by atomic mass is 10.2. The number of amides is 1. The van der Waals surface area contributed by atoms with Crippen molar-refractivity contribution in [3.8, 4) is 0 Å². The van der Waals surface area contributed by atoms with Crippen molar-refractivity contribution in [3.05, 3.63) is 12.0 Å². The van der Waals surface area contributed by atoms with Crippen LogP contribution in [0, 0.1) is 0 Å². The van der Waals surface area contributed by atoms with E-state index in [0.29, 0.717) is 25.5 Å². The van der Waals surface area contributed by atoms with Gasteiger partial charge >= 0.3 is 6.09 Å². The summed E-state index contributed by atoms with van der Waals surface area (Å²) < 4.78 is 16.0. The fraction of sp³-hybridized carbons (Fsp3) is 0.667. The van der Waals surface area contributed by atoms with E-state index in [1.807, 2.05) is 20.8 Å². The van der Waals surface area contributed by atoms with Gasteiger partial charge < -0.3 is 19.6 Å². The Balaban J connectivity index is 2.14. The molecule has 1 atom stereocenters. The topological polar surface area (TPSA) is 90.8 Å². The number of hydrogen-bond acceptors (Lipinski definition) is 6. The molecule has 7 nitrogen and oxygen atoms in total. The Labute approximate surface area is 111 Å². The summed E-state index contributed by atoms with van der Waals surface area (Å²) in [5.74, 6) is 0.503. The second-order valence-corrected chi connectivity index (χ2v) is 5.37. The maximum Gasteiger partial charge on any atom is 0.411 e. The molecule has 1 unspecified atom stereocenters. The summed E-state index contributed by atoms with van der Waals surface area (Å²) >= 11 is 0. The fourth-order valence-electron chi connectivity index (χ4n) is 1.83. The highest BCUT2D eigenvalue weighted by atomic mass is 16.6. The Hall–Kier alpha value is -1.76. The molecule has 2 N–H and O–H groups in total. The zero-order chi connectivity index (χ0) is 14.0. The molecule has 1 aliphatic rings. The van der Waals surface area contributed by atoms with E-state index in [2.05, 4.69) is 4.98 Å². The summed E-state index contributed by atoms with van der Waals surface area (Å²) in [6.45, 7) is 6.74. The van der Waals surface area contributed by atoms with Crippen molar-refractivity contribution in [1.29, 1.82) is 0 Å². The number of nitrogen functional groups attached to an aromatic ring is 1. The number of anilines is 1. The van der Waals surface area contributed by atoms with Crippen LogP contribution in [0.25, 0.3) is 0 Å². The first kappa shape index (κ1) is 13.7. The molecule has 1 aromatic rings. The standard InChI is InChI=1S/C12H19N3O4/c1-12(2,3)19-11(16)15-4-5-17-7-8(15)9-6-14-10(13)18-9/h6,8H,4-5,7H2,1-3H3,(H2,13,14). The minimum absolute atomic E-state index is 0.0738. The van der Waals surface area contributed by atoms with Crippen LogP contribution in [0.1, 0.15) is 32.6 Å². The van der Waals surface area contributed by atoms with Crippen LogP contribution in [0.4, 0.5) is 10.8 Å². The van der Waals surface area contributed by atoms with Gasteiger partial charge in [-0.05, 0) is 20.8 Å². The van der Waals surface area contributed by atoms with Gasteiger partial charge in [0.15, 0.2) is 5.76 Å². The van der Waals surface area contributed by atoms with Crippen LogP contribution in [0.3, 0.4) is 0 Å². The molecular formula is C12H19N3O4. The minimum Gasteiger partial charge on any atom is -0.444 e. The highest BCUT2D eigenvalue weighted by Gasteiger charge is 2.34. The average molecular weight is 269 g/mol. The molecule has 19 heavy (non-hydrogen) atoms. The summed E-state index contributed by atoms with van der Waals surface area (Å²) in [4.78, 5) is 17.6. The molecule has 1 amide bonds. The molecule has 1 fully saturated rings. The van der Waals surface area contributed by atoms with Crippen molar-refractivity contribution in [3.63, 3.8) is 0 Å². The average Bonchev–Trinajstić information content (AvgIpc) is 2.73. The van der Waals surface area contributed by atoms with Crippen LogP contribution in [0.5, 0.6) is 0 Å². The number of nitrogens with two attached hydrogens (primary N) is 1. The molecule has 106 valence electrons. The van der Waals surface area contributed by atoms with Gasteiger partial charge in [-0.25, -0.2) is 9.78 Å². The van der Waals surface area contributed by atoms with E-state index < -0.39 is 11.7 Å². The first-order valence-corrected chi connectivity index (χ1v) is 6.15. The van der Waals surface area contributed by atoms with Gasteiger partial charge in [-0.2, -0.15) is 0 Å². The predicted octanol–water partition coefficient (Wildman–Crippen LogP) is 1.57. The second kappa shape index (κ2) is 5.08. The van der Waals surface area contributed by atoms with Crippen molar-refractivity contribution >= 4 is 12.1 Å². The van der Waals surface area contributed by atoms with Gasteiger partial charge in [0.1, 0.15) is 11.6 Å². The Bertz CT molecular complexity index is 452. The number of carbonyl (C=O) groups excluding carboxylic acids is 1. The third-order valence-corrected chi connectivity index (χ3v) is 2.63. The molecular weight excluding hydrogens is 250 g/mol. The van der Waals surface area contributed by atoms with Crippen LogP contribution < -0.4 is 5.73 Å². The Morgan fingerprint density at radius 3 is 2.89 bits per heavy atom. The molecule has 2 heterocycles.